The first kappa shape index (κ1) is 12.1. The van der Waals surface area contributed by atoms with Gasteiger partial charge in [0.2, 0.25) is 11.9 Å². The predicted molar refractivity (Wildman–Crippen MR) is 72.3 cm³/mol. The molecule has 7 heteroatoms. The highest BCUT2D eigenvalue weighted by Crippen LogP contribution is 2.08. The van der Waals surface area contributed by atoms with Gasteiger partial charge in [-0.2, -0.15) is 15.2 Å². The normalized spacial score (nSPS) is 10.4. The Hall–Kier alpha value is -2.96. The molecular weight excluding hydrogens is 256 g/mol. The summed E-state index contributed by atoms with van der Waals surface area (Å²) < 4.78 is 1.73. The maximum atomic E-state index is 11.8. The van der Waals surface area contributed by atoms with Gasteiger partial charge in [0.15, 0.2) is 0 Å². The van der Waals surface area contributed by atoms with Gasteiger partial charge in [0.1, 0.15) is 6.33 Å². The van der Waals surface area contributed by atoms with Crippen LogP contribution in [0.1, 0.15) is 5.56 Å². The lowest BCUT2D eigenvalue weighted by Gasteiger charge is -2.00. The minimum absolute atomic E-state index is 0.172. The number of carbonyl (C=O) groups is 1. The molecule has 100 valence electrons. The average Bonchev–Trinajstić information content (AvgIpc) is 3.11. The number of H-pyrrole nitrogens is 1. The Morgan fingerprint density at radius 3 is 2.90 bits per heavy atom. The molecule has 0 aliphatic rings. The SMILES string of the molecule is O=C(Cc1cnn(-c2ccccc2)c1)Nc1ncn[nH]1. The second-order valence-corrected chi connectivity index (χ2v) is 4.19. The number of hydrogen-bond donors (Lipinski definition) is 2. The number of nitrogens with zero attached hydrogens (tertiary/aromatic N) is 4. The Bertz CT molecular complexity index is 689. The van der Waals surface area contributed by atoms with Crippen molar-refractivity contribution >= 4 is 11.9 Å². The molecule has 1 amide bonds. The fraction of sp³-hybridized carbons (Fsp3) is 0.0769. The lowest BCUT2D eigenvalue weighted by atomic mass is 10.2. The summed E-state index contributed by atoms with van der Waals surface area (Å²) in [4.78, 5) is 15.6. The maximum absolute atomic E-state index is 11.8. The third-order valence-corrected chi connectivity index (χ3v) is 2.69. The number of amides is 1. The largest absolute Gasteiger partial charge is 0.295 e. The fourth-order valence-electron chi connectivity index (χ4n) is 1.80. The van der Waals surface area contributed by atoms with Crippen LogP contribution in [-0.4, -0.2) is 30.9 Å². The van der Waals surface area contributed by atoms with Crippen LogP contribution in [0.3, 0.4) is 0 Å². The van der Waals surface area contributed by atoms with Crippen molar-refractivity contribution in [3.8, 4) is 5.69 Å². The van der Waals surface area contributed by atoms with E-state index in [1.54, 1.807) is 10.9 Å². The van der Waals surface area contributed by atoms with Crippen molar-refractivity contribution in [2.24, 2.45) is 0 Å². The number of carbonyl (C=O) groups excluding carboxylic acids is 1. The molecule has 3 rings (SSSR count). The zero-order chi connectivity index (χ0) is 13.8. The van der Waals surface area contributed by atoms with Gasteiger partial charge in [-0.1, -0.05) is 18.2 Å². The number of nitrogens with one attached hydrogen (secondary N) is 2. The van der Waals surface area contributed by atoms with Crippen LogP contribution < -0.4 is 5.32 Å². The van der Waals surface area contributed by atoms with E-state index in [1.807, 2.05) is 36.5 Å². The summed E-state index contributed by atoms with van der Waals surface area (Å²) in [5.41, 5.74) is 1.78. The molecular formula is C13H12N6O. The lowest BCUT2D eigenvalue weighted by molar-refractivity contribution is -0.115. The molecule has 0 aliphatic heterocycles. The van der Waals surface area contributed by atoms with Crippen molar-refractivity contribution < 1.29 is 4.79 Å². The molecule has 7 nitrogen and oxygen atoms in total. The summed E-state index contributed by atoms with van der Waals surface area (Å²) in [5.74, 6) is 0.166. The monoisotopic (exact) mass is 268 g/mol. The second-order valence-electron chi connectivity index (χ2n) is 4.19. The number of para-hydroxylation sites is 1. The van der Waals surface area contributed by atoms with Crippen LogP contribution in [0.25, 0.3) is 5.69 Å². The summed E-state index contributed by atoms with van der Waals surface area (Å²) in [7, 11) is 0. The van der Waals surface area contributed by atoms with E-state index in [0.717, 1.165) is 11.3 Å². The summed E-state index contributed by atoms with van der Waals surface area (Å²) in [6.45, 7) is 0. The first-order chi connectivity index (χ1) is 9.81. The van der Waals surface area contributed by atoms with E-state index in [4.69, 9.17) is 0 Å². The molecule has 0 aliphatic carbocycles. The molecule has 0 bridgehead atoms. The quantitative estimate of drug-likeness (QED) is 0.743. The van der Waals surface area contributed by atoms with Crippen molar-refractivity contribution in [3.05, 3.63) is 54.6 Å². The maximum Gasteiger partial charge on any atom is 0.231 e. The van der Waals surface area contributed by atoms with Gasteiger partial charge < -0.3 is 0 Å². The van der Waals surface area contributed by atoms with Crippen molar-refractivity contribution in [1.29, 1.82) is 0 Å². The van der Waals surface area contributed by atoms with E-state index in [2.05, 4.69) is 25.6 Å². The standard InChI is InChI=1S/C13H12N6O/c20-12(17-13-14-9-15-18-13)6-10-7-16-19(8-10)11-4-2-1-3-5-11/h1-5,7-9H,6H2,(H2,14,15,17,18,20). The van der Waals surface area contributed by atoms with Gasteiger partial charge >= 0.3 is 0 Å². The van der Waals surface area contributed by atoms with E-state index < -0.39 is 0 Å². The third kappa shape index (κ3) is 2.72. The van der Waals surface area contributed by atoms with Crippen LogP contribution >= 0.6 is 0 Å². The molecule has 2 heterocycles. The highest BCUT2D eigenvalue weighted by molar-refractivity contribution is 5.90. The van der Waals surface area contributed by atoms with E-state index in [-0.39, 0.29) is 12.3 Å². The van der Waals surface area contributed by atoms with E-state index in [0.29, 0.717) is 5.95 Å². The number of anilines is 1. The first-order valence-electron chi connectivity index (χ1n) is 6.05. The van der Waals surface area contributed by atoms with Gasteiger partial charge in [-0.05, 0) is 17.7 Å². The predicted octanol–water partition coefficient (Wildman–Crippen LogP) is 1.17. The Labute approximate surface area is 114 Å². The number of aromatic nitrogens is 5. The number of aromatic amines is 1. The molecule has 0 unspecified atom stereocenters. The van der Waals surface area contributed by atoms with Gasteiger partial charge in [-0.3, -0.25) is 10.1 Å². The van der Waals surface area contributed by atoms with Crippen LogP contribution in [0.2, 0.25) is 0 Å². The molecule has 3 aromatic rings. The molecule has 0 saturated heterocycles. The average molecular weight is 268 g/mol. The highest BCUT2D eigenvalue weighted by atomic mass is 16.1. The van der Waals surface area contributed by atoms with Crippen molar-refractivity contribution in [3.63, 3.8) is 0 Å². The van der Waals surface area contributed by atoms with Gasteiger partial charge in [0.05, 0.1) is 18.3 Å². The number of benzene rings is 1. The van der Waals surface area contributed by atoms with Gasteiger partial charge in [0.25, 0.3) is 0 Å². The Morgan fingerprint density at radius 2 is 2.15 bits per heavy atom. The molecule has 0 fully saturated rings. The number of hydrogen-bond acceptors (Lipinski definition) is 4. The molecule has 20 heavy (non-hydrogen) atoms. The lowest BCUT2D eigenvalue weighted by Crippen LogP contribution is -2.15. The molecule has 1 aromatic carbocycles. The summed E-state index contributed by atoms with van der Waals surface area (Å²) >= 11 is 0. The van der Waals surface area contributed by atoms with Gasteiger partial charge in [-0.25, -0.2) is 9.78 Å². The Kier molecular flexibility index (Phi) is 3.24. The topological polar surface area (TPSA) is 88.5 Å². The molecule has 2 aromatic heterocycles. The Balaban J connectivity index is 1.67. The van der Waals surface area contributed by atoms with Crippen molar-refractivity contribution in [2.45, 2.75) is 6.42 Å². The van der Waals surface area contributed by atoms with E-state index in [1.165, 1.54) is 6.33 Å². The third-order valence-electron chi connectivity index (χ3n) is 2.69. The highest BCUT2D eigenvalue weighted by Gasteiger charge is 2.08. The molecule has 0 radical (unpaired) electrons. The summed E-state index contributed by atoms with van der Waals surface area (Å²) in [6.07, 6.45) is 5.07. The van der Waals surface area contributed by atoms with Crippen LogP contribution in [0.5, 0.6) is 0 Å². The second kappa shape index (κ2) is 5.35. The van der Waals surface area contributed by atoms with E-state index >= 15 is 0 Å². The number of rotatable bonds is 4. The Morgan fingerprint density at radius 1 is 1.30 bits per heavy atom. The molecule has 0 saturated carbocycles. The summed E-state index contributed by atoms with van der Waals surface area (Å²) in [5, 5.41) is 13.1. The van der Waals surface area contributed by atoms with Gasteiger partial charge in [0, 0.05) is 6.20 Å². The molecule has 0 atom stereocenters. The van der Waals surface area contributed by atoms with Gasteiger partial charge in [-0.15, -0.1) is 0 Å². The van der Waals surface area contributed by atoms with E-state index in [9.17, 15) is 4.79 Å². The first-order valence-corrected chi connectivity index (χ1v) is 6.05. The zero-order valence-electron chi connectivity index (χ0n) is 10.5. The molecule has 2 N–H and O–H groups in total. The minimum atomic E-state index is -0.172. The van der Waals surface area contributed by atoms with Crippen molar-refractivity contribution in [1.82, 2.24) is 25.0 Å². The smallest absolute Gasteiger partial charge is 0.231 e. The summed E-state index contributed by atoms with van der Waals surface area (Å²) in [6, 6.07) is 9.72. The van der Waals surface area contributed by atoms with Crippen LogP contribution in [-0.2, 0) is 11.2 Å². The van der Waals surface area contributed by atoms with Crippen LogP contribution in [0.15, 0.2) is 49.1 Å². The van der Waals surface area contributed by atoms with Crippen molar-refractivity contribution in [2.75, 3.05) is 5.32 Å². The van der Waals surface area contributed by atoms with Crippen LogP contribution in [0.4, 0.5) is 5.95 Å². The van der Waals surface area contributed by atoms with Crippen LogP contribution in [0, 0.1) is 0 Å². The zero-order valence-corrected chi connectivity index (χ0v) is 10.5. The fourth-order valence-corrected chi connectivity index (χ4v) is 1.80. The molecule has 0 spiro atoms. The minimum Gasteiger partial charge on any atom is -0.295 e.